The number of carbonyl (C=O) groups is 3. The van der Waals surface area contributed by atoms with Gasteiger partial charge in [-0.1, -0.05) is 6.07 Å². The van der Waals surface area contributed by atoms with Crippen molar-refractivity contribution in [3.05, 3.63) is 64.2 Å². The average Bonchev–Trinajstić information content (AvgIpc) is 3.26. The number of hydrogen-bond donors (Lipinski definition) is 1. The van der Waals surface area contributed by atoms with E-state index in [1.165, 1.54) is 18.3 Å². The number of anilines is 3. The standard InChI is InChI=1S/C25H25N3O5S/c1-15-4-6-20(10-16(15)2)28(17(3)29)25-26-19(14-34-25)12-33-24(31)13-32-21-7-8-22-18(11-21)5-9-23(30)27-22/h4,6-8,10-11,14H,5,9,12-13H2,1-3H3,(H,27,30). The van der Waals surface area contributed by atoms with Crippen molar-refractivity contribution in [2.75, 3.05) is 16.8 Å². The predicted octanol–water partition coefficient (Wildman–Crippen LogP) is 4.45. The fourth-order valence-corrected chi connectivity index (χ4v) is 4.42. The Labute approximate surface area is 201 Å². The highest BCUT2D eigenvalue weighted by Crippen LogP contribution is 2.30. The summed E-state index contributed by atoms with van der Waals surface area (Å²) in [5.41, 5.74) is 5.26. The van der Waals surface area contributed by atoms with Gasteiger partial charge in [0.15, 0.2) is 11.7 Å². The monoisotopic (exact) mass is 479 g/mol. The molecule has 0 spiro atoms. The Morgan fingerprint density at radius 3 is 2.71 bits per heavy atom. The minimum absolute atomic E-state index is 0.00431. The molecule has 0 fully saturated rings. The average molecular weight is 480 g/mol. The van der Waals surface area contributed by atoms with Crippen LogP contribution in [0.25, 0.3) is 0 Å². The van der Waals surface area contributed by atoms with Crippen LogP contribution in [0.2, 0.25) is 0 Å². The van der Waals surface area contributed by atoms with Crippen molar-refractivity contribution < 1.29 is 23.9 Å². The second-order valence-corrected chi connectivity index (χ2v) is 8.90. The van der Waals surface area contributed by atoms with Crippen LogP contribution in [0, 0.1) is 13.8 Å². The highest BCUT2D eigenvalue weighted by Gasteiger charge is 2.19. The molecule has 8 nitrogen and oxygen atoms in total. The Kier molecular flexibility index (Phi) is 6.93. The van der Waals surface area contributed by atoms with Gasteiger partial charge >= 0.3 is 5.97 Å². The van der Waals surface area contributed by atoms with E-state index in [0.29, 0.717) is 29.4 Å². The number of amides is 2. The Morgan fingerprint density at radius 1 is 1.12 bits per heavy atom. The van der Waals surface area contributed by atoms with Gasteiger partial charge in [-0.2, -0.15) is 0 Å². The lowest BCUT2D eigenvalue weighted by Crippen LogP contribution is -2.22. The van der Waals surface area contributed by atoms with E-state index in [1.807, 2.05) is 38.1 Å². The molecule has 0 atom stereocenters. The molecule has 1 aliphatic heterocycles. The minimum Gasteiger partial charge on any atom is -0.482 e. The number of benzene rings is 2. The number of nitrogens with one attached hydrogen (secondary N) is 1. The molecule has 3 aromatic rings. The fraction of sp³-hybridized carbons (Fsp3) is 0.280. The summed E-state index contributed by atoms with van der Waals surface area (Å²) in [6.07, 6.45) is 1.06. The summed E-state index contributed by atoms with van der Waals surface area (Å²) < 4.78 is 10.8. The summed E-state index contributed by atoms with van der Waals surface area (Å²) in [5.74, 6) is -0.152. The van der Waals surface area contributed by atoms with Crippen molar-refractivity contribution >= 4 is 45.6 Å². The molecule has 0 saturated carbocycles. The van der Waals surface area contributed by atoms with Gasteiger partial charge in [-0.3, -0.25) is 14.5 Å². The van der Waals surface area contributed by atoms with Gasteiger partial charge in [-0.25, -0.2) is 9.78 Å². The van der Waals surface area contributed by atoms with E-state index in [2.05, 4.69) is 10.3 Å². The van der Waals surface area contributed by atoms with Crippen LogP contribution in [0.15, 0.2) is 41.8 Å². The second-order valence-electron chi connectivity index (χ2n) is 8.06. The van der Waals surface area contributed by atoms with Gasteiger partial charge in [0, 0.05) is 24.4 Å². The third kappa shape index (κ3) is 5.43. The SMILES string of the molecule is CC(=O)N(c1ccc(C)c(C)c1)c1nc(COC(=O)COc2ccc3c(c2)CCC(=O)N3)cs1. The lowest BCUT2D eigenvalue weighted by molar-refractivity contribution is -0.147. The molecule has 2 heterocycles. The van der Waals surface area contributed by atoms with E-state index >= 15 is 0 Å². The van der Waals surface area contributed by atoms with E-state index in [0.717, 1.165) is 28.1 Å². The number of thiazole rings is 1. The summed E-state index contributed by atoms with van der Waals surface area (Å²) in [6, 6.07) is 11.1. The van der Waals surface area contributed by atoms with Crippen molar-refractivity contribution in [3.63, 3.8) is 0 Å². The van der Waals surface area contributed by atoms with Crippen LogP contribution < -0.4 is 15.0 Å². The van der Waals surface area contributed by atoms with Crippen LogP contribution in [0.5, 0.6) is 5.75 Å². The lowest BCUT2D eigenvalue weighted by atomic mass is 10.0. The topological polar surface area (TPSA) is 97.8 Å². The molecule has 34 heavy (non-hydrogen) atoms. The van der Waals surface area contributed by atoms with Crippen LogP contribution in [0.4, 0.5) is 16.5 Å². The van der Waals surface area contributed by atoms with Crippen molar-refractivity contribution in [3.8, 4) is 5.75 Å². The molecule has 2 amide bonds. The Morgan fingerprint density at radius 2 is 1.94 bits per heavy atom. The number of ether oxygens (including phenoxy) is 2. The molecule has 4 rings (SSSR count). The zero-order valence-corrected chi connectivity index (χ0v) is 20.0. The summed E-state index contributed by atoms with van der Waals surface area (Å²) in [6.45, 7) is 5.23. The van der Waals surface area contributed by atoms with Gasteiger partial charge in [0.05, 0.1) is 11.4 Å². The largest absolute Gasteiger partial charge is 0.482 e. The van der Waals surface area contributed by atoms with E-state index in [-0.39, 0.29) is 25.0 Å². The number of aryl methyl sites for hydroxylation is 3. The van der Waals surface area contributed by atoms with E-state index in [9.17, 15) is 14.4 Å². The van der Waals surface area contributed by atoms with Gasteiger partial charge in [-0.15, -0.1) is 11.3 Å². The first-order valence-electron chi connectivity index (χ1n) is 10.8. The number of nitrogens with zero attached hydrogens (tertiary/aromatic N) is 2. The molecule has 2 aromatic carbocycles. The molecule has 1 aromatic heterocycles. The second kappa shape index (κ2) is 10.0. The van der Waals surface area contributed by atoms with Gasteiger partial charge in [0.2, 0.25) is 11.8 Å². The number of fused-ring (bicyclic) bond motifs is 1. The number of esters is 1. The predicted molar refractivity (Wildman–Crippen MR) is 130 cm³/mol. The van der Waals surface area contributed by atoms with Crippen molar-refractivity contribution in [1.29, 1.82) is 0 Å². The maximum atomic E-state index is 12.3. The summed E-state index contributed by atoms with van der Waals surface area (Å²) in [4.78, 5) is 42.0. The molecule has 0 unspecified atom stereocenters. The van der Waals surface area contributed by atoms with Gasteiger partial charge in [0.25, 0.3) is 0 Å². The molecular formula is C25H25N3O5S. The van der Waals surface area contributed by atoms with Crippen LogP contribution in [0.3, 0.4) is 0 Å². The van der Waals surface area contributed by atoms with Crippen LogP contribution in [-0.4, -0.2) is 29.4 Å². The first kappa shape index (κ1) is 23.4. The van der Waals surface area contributed by atoms with Gasteiger partial charge in [-0.05, 0) is 67.3 Å². The maximum Gasteiger partial charge on any atom is 0.344 e. The summed E-state index contributed by atoms with van der Waals surface area (Å²) in [5, 5.41) is 5.08. The van der Waals surface area contributed by atoms with E-state index < -0.39 is 5.97 Å². The summed E-state index contributed by atoms with van der Waals surface area (Å²) >= 11 is 1.31. The third-order valence-corrected chi connectivity index (χ3v) is 6.38. The first-order valence-corrected chi connectivity index (χ1v) is 11.7. The number of hydrogen-bond acceptors (Lipinski definition) is 7. The van der Waals surface area contributed by atoms with E-state index in [4.69, 9.17) is 9.47 Å². The molecule has 1 aliphatic rings. The van der Waals surface area contributed by atoms with Crippen LogP contribution >= 0.6 is 11.3 Å². The molecular weight excluding hydrogens is 454 g/mol. The molecule has 0 aliphatic carbocycles. The van der Waals surface area contributed by atoms with Gasteiger partial charge in [0.1, 0.15) is 12.4 Å². The molecule has 0 saturated heterocycles. The molecule has 0 bridgehead atoms. The van der Waals surface area contributed by atoms with Crippen LogP contribution in [0.1, 0.15) is 35.7 Å². The summed E-state index contributed by atoms with van der Waals surface area (Å²) in [7, 11) is 0. The fourth-order valence-electron chi connectivity index (χ4n) is 3.54. The zero-order valence-electron chi connectivity index (χ0n) is 19.2. The Balaban J connectivity index is 1.33. The highest BCUT2D eigenvalue weighted by molar-refractivity contribution is 7.14. The third-order valence-electron chi connectivity index (χ3n) is 5.50. The molecule has 0 radical (unpaired) electrons. The normalized spacial score (nSPS) is 12.5. The zero-order chi connectivity index (χ0) is 24.2. The Bertz CT molecular complexity index is 1250. The maximum absolute atomic E-state index is 12.3. The Hall–Kier alpha value is -3.72. The smallest absolute Gasteiger partial charge is 0.344 e. The minimum atomic E-state index is -0.529. The van der Waals surface area contributed by atoms with Crippen molar-refractivity contribution in [2.45, 2.75) is 40.2 Å². The molecule has 1 N–H and O–H groups in total. The van der Waals surface area contributed by atoms with Crippen molar-refractivity contribution in [2.24, 2.45) is 0 Å². The molecule has 176 valence electrons. The molecule has 9 heteroatoms. The van der Waals surface area contributed by atoms with E-state index in [1.54, 1.807) is 22.4 Å². The highest BCUT2D eigenvalue weighted by atomic mass is 32.1. The van der Waals surface area contributed by atoms with Crippen molar-refractivity contribution in [1.82, 2.24) is 4.98 Å². The van der Waals surface area contributed by atoms with Crippen LogP contribution in [-0.2, 0) is 32.1 Å². The number of carbonyl (C=O) groups excluding carboxylic acids is 3. The lowest BCUT2D eigenvalue weighted by Gasteiger charge is -2.19. The number of rotatable bonds is 7. The number of aromatic nitrogens is 1. The quantitative estimate of drug-likeness (QED) is 0.503. The first-order chi connectivity index (χ1) is 16.3. The van der Waals surface area contributed by atoms with Gasteiger partial charge < -0.3 is 14.8 Å².